The molecule has 0 spiro atoms. The maximum atomic E-state index is 12.6. The Hall–Kier alpha value is -2.62. The van der Waals surface area contributed by atoms with Crippen molar-refractivity contribution < 1.29 is 22.8 Å². The fraction of sp³-hybridized carbons (Fsp3) is 0.267. The number of urea groups is 1. The number of rotatable bonds is 5. The topological polar surface area (TPSA) is 80.2 Å². The van der Waals surface area contributed by atoms with Gasteiger partial charge in [0, 0.05) is 23.7 Å². The summed E-state index contributed by atoms with van der Waals surface area (Å²) in [5, 5.41) is 6.32. The normalized spacial score (nSPS) is 11.2. The Morgan fingerprint density at radius 1 is 1.20 bits per heavy atom. The van der Waals surface area contributed by atoms with Crippen molar-refractivity contribution in [2.24, 2.45) is 0 Å². The van der Waals surface area contributed by atoms with Crippen LogP contribution >= 0.6 is 11.3 Å². The molecule has 134 valence electrons. The summed E-state index contributed by atoms with van der Waals surface area (Å²) in [5.74, 6) is -0.893. The Morgan fingerprint density at radius 2 is 1.96 bits per heavy atom. The maximum Gasteiger partial charge on any atom is 0.417 e. The third-order valence-corrected chi connectivity index (χ3v) is 4.05. The Bertz CT molecular complexity index is 800. The van der Waals surface area contributed by atoms with E-state index in [0.29, 0.717) is 29.8 Å². The van der Waals surface area contributed by atoms with Crippen LogP contribution in [0.15, 0.2) is 40.6 Å². The summed E-state index contributed by atoms with van der Waals surface area (Å²) in [4.78, 5) is 35.9. The highest BCUT2D eigenvalue weighted by Crippen LogP contribution is 2.27. The minimum absolute atomic E-state index is 0.295. The maximum absolute atomic E-state index is 12.6. The fourth-order valence-corrected chi connectivity index (χ4v) is 2.65. The van der Waals surface area contributed by atoms with Crippen molar-refractivity contribution in [1.82, 2.24) is 15.2 Å². The van der Waals surface area contributed by atoms with Gasteiger partial charge in [-0.05, 0) is 23.9 Å². The molecule has 0 aliphatic heterocycles. The number of hydrogen-bond acceptors (Lipinski definition) is 4. The van der Waals surface area contributed by atoms with Crippen molar-refractivity contribution in [2.45, 2.75) is 19.1 Å². The predicted molar refractivity (Wildman–Crippen MR) is 85.3 cm³/mol. The second kappa shape index (κ2) is 7.97. The van der Waals surface area contributed by atoms with E-state index in [1.165, 1.54) is 11.3 Å². The first-order valence-corrected chi connectivity index (χ1v) is 8.01. The van der Waals surface area contributed by atoms with Crippen LogP contribution in [0, 0.1) is 0 Å². The van der Waals surface area contributed by atoms with E-state index in [1.54, 1.807) is 0 Å². The molecular weight excluding hydrogens is 359 g/mol. The molecule has 0 aliphatic rings. The third-order valence-electron chi connectivity index (χ3n) is 3.11. The summed E-state index contributed by atoms with van der Waals surface area (Å²) < 4.78 is 38.5. The molecule has 3 amide bonds. The second-order valence-electron chi connectivity index (χ2n) is 5.02. The van der Waals surface area contributed by atoms with Crippen molar-refractivity contribution >= 4 is 23.3 Å². The van der Waals surface area contributed by atoms with E-state index < -0.39 is 35.8 Å². The molecule has 0 saturated heterocycles. The number of carbonyl (C=O) groups excluding carboxylic acids is 2. The van der Waals surface area contributed by atoms with Crippen molar-refractivity contribution in [3.8, 4) is 0 Å². The number of alkyl halides is 3. The number of pyridine rings is 1. The highest BCUT2D eigenvalue weighted by Gasteiger charge is 2.31. The lowest BCUT2D eigenvalue weighted by Crippen LogP contribution is -2.42. The van der Waals surface area contributed by atoms with E-state index in [2.05, 4.69) is 5.32 Å². The van der Waals surface area contributed by atoms with Crippen LogP contribution in [-0.4, -0.2) is 23.1 Å². The number of carbonyl (C=O) groups is 2. The standard InChI is InChI=1S/C15H14F3N3O3S/c16-15(17,18)10-3-4-13(23)21(8-10)9-12(22)20-14(24)19-6-5-11-2-1-7-25-11/h1-4,7-8H,5-6,9H2,(H2,19,20,22,24). The molecule has 0 radical (unpaired) electrons. The average Bonchev–Trinajstić information content (AvgIpc) is 3.01. The molecule has 0 bridgehead atoms. The van der Waals surface area contributed by atoms with E-state index in [0.717, 1.165) is 10.9 Å². The summed E-state index contributed by atoms with van der Waals surface area (Å²) in [6, 6.07) is 4.35. The Morgan fingerprint density at radius 3 is 2.60 bits per heavy atom. The number of thiophene rings is 1. The van der Waals surface area contributed by atoms with Crippen molar-refractivity contribution in [2.75, 3.05) is 6.54 Å². The number of amides is 3. The zero-order chi connectivity index (χ0) is 18.4. The zero-order valence-electron chi connectivity index (χ0n) is 12.8. The summed E-state index contributed by atoms with van der Waals surface area (Å²) in [6.45, 7) is -0.399. The largest absolute Gasteiger partial charge is 0.417 e. The molecule has 2 heterocycles. The molecule has 2 rings (SSSR count). The highest BCUT2D eigenvalue weighted by molar-refractivity contribution is 7.09. The third kappa shape index (κ3) is 5.75. The summed E-state index contributed by atoms with van der Waals surface area (Å²) in [5.41, 5.74) is -1.83. The summed E-state index contributed by atoms with van der Waals surface area (Å²) >= 11 is 1.53. The Labute approximate surface area is 144 Å². The first-order valence-electron chi connectivity index (χ1n) is 7.13. The van der Waals surface area contributed by atoms with E-state index in [1.807, 2.05) is 22.8 Å². The van der Waals surface area contributed by atoms with Gasteiger partial charge in [-0.2, -0.15) is 13.2 Å². The van der Waals surface area contributed by atoms with Crippen LogP contribution in [0.1, 0.15) is 10.4 Å². The fourth-order valence-electron chi connectivity index (χ4n) is 1.94. The number of imide groups is 1. The molecule has 10 heteroatoms. The van der Waals surface area contributed by atoms with Crippen LogP contribution in [0.2, 0.25) is 0 Å². The number of nitrogens with one attached hydrogen (secondary N) is 2. The van der Waals surface area contributed by atoms with Crippen LogP contribution in [-0.2, 0) is 23.9 Å². The molecule has 25 heavy (non-hydrogen) atoms. The van der Waals surface area contributed by atoms with Gasteiger partial charge in [0.1, 0.15) is 6.54 Å². The van der Waals surface area contributed by atoms with Crippen LogP contribution in [0.5, 0.6) is 0 Å². The molecule has 0 atom stereocenters. The first-order chi connectivity index (χ1) is 11.8. The SMILES string of the molecule is O=C(Cn1cc(C(F)(F)F)ccc1=O)NC(=O)NCCc1cccs1. The minimum atomic E-state index is -4.63. The Balaban J connectivity index is 1.87. The van der Waals surface area contributed by atoms with Gasteiger partial charge in [-0.1, -0.05) is 6.07 Å². The number of aromatic nitrogens is 1. The first kappa shape index (κ1) is 18.7. The molecule has 0 saturated carbocycles. The lowest BCUT2D eigenvalue weighted by molar-refractivity contribution is -0.138. The minimum Gasteiger partial charge on any atom is -0.337 e. The molecule has 0 aromatic carbocycles. The summed E-state index contributed by atoms with van der Waals surface area (Å²) in [6.07, 6.45) is -3.51. The van der Waals surface area contributed by atoms with Gasteiger partial charge in [-0.25, -0.2) is 4.79 Å². The highest BCUT2D eigenvalue weighted by atomic mass is 32.1. The van der Waals surface area contributed by atoms with E-state index in [4.69, 9.17) is 0 Å². The van der Waals surface area contributed by atoms with Gasteiger partial charge in [0.25, 0.3) is 5.56 Å². The van der Waals surface area contributed by atoms with Crippen molar-refractivity contribution in [3.05, 3.63) is 56.6 Å². The van der Waals surface area contributed by atoms with Gasteiger partial charge >= 0.3 is 12.2 Å². The predicted octanol–water partition coefficient (Wildman–Crippen LogP) is 2.00. The smallest absolute Gasteiger partial charge is 0.337 e. The lowest BCUT2D eigenvalue weighted by Gasteiger charge is -2.11. The van der Waals surface area contributed by atoms with E-state index >= 15 is 0 Å². The van der Waals surface area contributed by atoms with Gasteiger partial charge in [0.05, 0.1) is 5.56 Å². The molecule has 6 nitrogen and oxygen atoms in total. The van der Waals surface area contributed by atoms with Crippen molar-refractivity contribution in [3.63, 3.8) is 0 Å². The Kier molecular flexibility index (Phi) is 5.97. The molecule has 2 aromatic heterocycles. The molecular formula is C15H14F3N3O3S. The molecule has 0 aliphatic carbocycles. The monoisotopic (exact) mass is 373 g/mol. The van der Waals surface area contributed by atoms with Crippen LogP contribution in [0.4, 0.5) is 18.0 Å². The molecule has 2 N–H and O–H groups in total. The molecule has 0 unspecified atom stereocenters. The van der Waals surface area contributed by atoms with Crippen LogP contribution in [0.3, 0.4) is 0 Å². The molecule has 2 aromatic rings. The van der Waals surface area contributed by atoms with Gasteiger partial charge in [0.15, 0.2) is 0 Å². The van der Waals surface area contributed by atoms with E-state index in [9.17, 15) is 27.6 Å². The van der Waals surface area contributed by atoms with E-state index in [-0.39, 0.29) is 0 Å². The van der Waals surface area contributed by atoms with Gasteiger partial charge in [-0.3, -0.25) is 14.9 Å². The quantitative estimate of drug-likeness (QED) is 0.841. The van der Waals surface area contributed by atoms with Crippen molar-refractivity contribution in [1.29, 1.82) is 0 Å². The summed E-state index contributed by atoms with van der Waals surface area (Å²) in [7, 11) is 0. The van der Waals surface area contributed by atoms with Gasteiger partial charge in [0.2, 0.25) is 5.91 Å². The van der Waals surface area contributed by atoms with Crippen LogP contribution < -0.4 is 16.2 Å². The van der Waals surface area contributed by atoms with Gasteiger partial charge < -0.3 is 9.88 Å². The zero-order valence-corrected chi connectivity index (χ0v) is 13.6. The number of nitrogens with zero attached hydrogens (tertiary/aromatic N) is 1. The lowest BCUT2D eigenvalue weighted by atomic mass is 10.3. The van der Waals surface area contributed by atoms with Crippen LogP contribution in [0.25, 0.3) is 0 Å². The second-order valence-corrected chi connectivity index (χ2v) is 6.05. The average molecular weight is 373 g/mol. The number of hydrogen-bond donors (Lipinski definition) is 2. The molecule has 0 fully saturated rings. The van der Waals surface area contributed by atoms with Gasteiger partial charge in [-0.15, -0.1) is 11.3 Å². The number of halogens is 3.